The topological polar surface area (TPSA) is 85.9 Å². The van der Waals surface area contributed by atoms with Gasteiger partial charge >= 0.3 is 0 Å². The molecule has 1 unspecified atom stereocenters. The Hall–Kier alpha value is -2.73. The van der Waals surface area contributed by atoms with Crippen molar-refractivity contribution in [2.45, 2.75) is 19.6 Å². The largest absolute Gasteiger partial charge is 0.497 e. The van der Waals surface area contributed by atoms with Crippen LogP contribution in [0.5, 0.6) is 5.75 Å². The Bertz CT molecular complexity index is 747. The molecule has 0 radical (unpaired) electrons. The molecule has 0 fully saturated rings. The first-order chi connectivity index (χ1) is 12.0. The highest BCUT2D eigenvalue weighted by atomic mass is 35.5. The molecular formula is C18H20ClN3O3. The van der Waals surface area contributed by atoms with E-state index < -0.39 is 6.10 Å². The quantitative estimate of drug-likeness (QED) is 0.451. The molecule has 132 valence electrons. The molecule has 2 aromatic rings. The van der Waals surface area contributed by atoms with Gasteiger partial charge in [0.05, 0.1) is 7.11 Å². The average molecular weight is 362 g/mol. The Morgan fingerprint density at radius 3 is 2.56 bits per heavy atom. The van der Waals surface area contributed by atoms with E-state index in [0.717, 1.165) is 5.56 Å². The Morgan fingerprint density at radius 1 is 1.24 bits per heavy atom. The number of nitrogens with two attached hydrogens (primary N) is 1. The average Bonchev–Trinajstić information content (AvgIpc) is 2.65. The summed E-state index contributed by atoms with van der Waals surface area (Å²) in [4.78, 5) is 17.2. The fourth-order valence-electron chi connectivity index (χ4n) is 1.97. The van der Waals surface area contributed by atoms with E-state index in [0.29, 0.717) is 22.9 Å². The number of amides is 1. The second-order valence-electron chi connectivity index (χ2n) is 5.26. The number of hydrogen-bond acceptors (Lipinski definition) is 4. The van der Waals surface area contributed by atoms with Crippen LogP contribution >= 0.6 is 11.6 Å². The van der Waals surface area contributed by atoms with Gasteiger partial charge in [0, 0.05) is 17.1 Å². The van der Waals surface area contributed by atoms with Crippen molar-refractivity contribution in [2.24, 2.45) is 10.9 Å². The van der Waals surface area contributed by atoms with Crippen molar-refractivity contribution in [2.75, 3.05) is 7.11 Å². The van der Waals surface area contributed by atoms with E-state index in [1.807, 2.05) is 18.2 Å². The van der Waals surface area contributed by atoms with Crippen molar-refractivity contribution in [3.05, 3.63) is 64.7 Å². The fraction of sp³-hybridized carbons (Fsp3) is 0.222. The lowest BCUT2D eigenvalue weighted by atomic mass is 10.2. The summed E-state index contributed by atoms with van der Waals surface area (Å²) in [5.41, 5.74) is 7.35. The number of carbonyl (C=O) groups is 1. The molecule has 2 aromatic carbocycles. The van der Waals surface area contributed by atoms with Gasteiger partial charge in [-0.2, -0.15) is 0 Å². The SMILES string of the molecule is COc1ccc(/C(N)=N/OC(C)C(=O)NCc2ccccc2Cl)cc1. The minimum atomic E-state index is -0.792. The highest BCUT2D eigenvalue weighted by Gasteiger charge is 2.14. The molecule has 0 bridgehead atoms. The van der Waals surface area contributed by atoms with Crippen LogP contribution in [-0.2, 0) is 16.2 Å². The van der Waals surface area contributed by atoms with Crippen LogP contribution in [0.4, 0.5) is 0 Å². The van der Waals surface area contributed by atoms with E-state index in [1.54, 1.807) is 44.4 Å². The zero-order valence-corrected chi connectivity index (χ0v) is 14.8. The number of ether oxygens (including phenoxy) is 1. The van der Waals surface area contributed by atoms with Gasteiger partial charge in [-0.05, 0) is 42.8 Å². The van der Waals surface area contributed by atoms with E-state index >= 15 is 0 Å². The van der Waals surface area contributed by atoms with Crippen molar-refractivity contribution in [1.29, 1.82) is 0 Å². The lowest BCUT2D eigenvalue weighted by Gasteiger charge is -2.12. The lowest BCUT2D eigenvalue weighted by molar-refractivity contribution is -0.131. The fourth-order valence-corrected chi connectivity index (χ4v) is 2.17. The van der Waals surface area contributed by atoms with Crippen molar-refractivity contribution >= 4 is 23.3 Å². The maximum atomic E-state index is 12.1. The maximum absolute atomic E-state index is 12.1. The molecule has 0 aliphatic rings. The van der Waals surface area contributed by atoms with E-state index in [-0.39, 0.29) is 11.7 Å². The second kappa shape index (κ2) is 8.94. The molecule has 1 atom stereocenters. The third-order valence-corrected chi connectivity index (χ3v) is 3.84. The Kier molecular flexibility index (Phi) is 6.65. The first-order valence-electron chi connectivity index (χ1n) is 7.66. The van der Waals surface area contributed by atoms with Gasteiger partial charge in [-0.1, -0.05) is 35.0 Å². The molecule has 0 spiro atoms. The van der Waals surface area contributed by atoms with Crippen molar-refractivity contribution in [3.8, 4) is 5.75 Å². The summed E-state index contributed by atoms with van der Waals surface area (Å²) in [6.07, 6.45) is -0.792. The number of hydrogen-bond donors (Lipinski definition) is 2. The molecule has 0 aliphatic carbocycles. The maximum Gasteiger partial charge on any atom is 0.263 e. The second-order valence-corrected chi connectivity index (χ2v) is 5.67. The van der Waals surface area contributed by atoms with Crippen molar-refractivity contribution in [1.82, 2.24) is 5.32 Å². The zero-order valence-electron chi connectivity index (χ0n) is 14.0. The first-order valence-corrected chi connectivity index (χ1v) is 8.04. The standard InChI is InChI=1S/C18H20ClN3O3/c1-12(18(23)21-11-14-5-3-4-6-16(14)19)25-22-17(20)13-7-9-15(24-2)10-8-13/h3-10,12H,11H2,1-2H3,(H2,20,22)(H,21,23). The van der Waals surface area contributed by atoms with Crippen LogP contribution in [-0.4, -0.2) is 25.0 Å². The van der Waals surface area contributed by atoms with E-state index in [2.05, 4.69) is 10.5 Å². The summed E-state index contributed by atoms with van der Waals surface area (Å²) < 4.78 is 5.08. The molecule has 0 heterocycles. The summed E-state index contributed by atoms with van der Waals surface area (Å²) >= 11 is 6.05. The number of carbonyl (C=O) groups excluding carboxylic acids is 1. The number of amidine groups is 1. The van der Waals surface area contributed by atoms with E-state index in [9.17, 15) is 4.79 Å². The van der Waals surface area contributed by atoms with Gasteiger partial charge in [-0.3, -0.25) is 4.79 Å². The smallest absolute Gasteiger partial charge is 0.263 e. The molecular weight excluding hydrogens is 342 g/mol. The van der Waals surface area contributed by atoms with Crippen LogP contribution in [0.15, 0.2) is 53.7 Å². The zero-order chi connectivity index (χ0) is 18.2. The molecule has 7 heteroatoms. The molecule has 0 aliphatic heterocycles. The number of oxime groups is 1. The Morgan fingerprint density at radius 2 is 1.92 bits per heavy atom. The minimum absolute atomic E-state index is 0.174. The van der Waals surface area contributed by atoms with Crippen LogP contribution in [0.3, 0.4) is 0 Å². The number of rotatable bonds is 7. The molecule has 0 aromatic heterocycles. The molecule has 6 nitrogen and oxygen atoms in total. The number of nitrogens with zero attached hydrogens (tertiary/aromatic N) is 1. The van der Waals surface area contributed by atoms with Crippen molar-refractivity contribution in [3.63, 3.8) is 0 Å². The summed E-state index contributed by atoms with van der Waals surface area (Å²) in [5, 5.41) is 7.15. The van der Waals surface area contributed by atoms with E-state index in [4.69, 9.17) is 26.9 Å². The van der Waals surface area contributed by atoms with E-state index in [1.165, 1.54) is 0 Å². The summed E-state index contributed by atoms with van der Waals surface area (Å²) in [6.45, 7) is 1.90. The minimum Gasteiger partial charge on any atom is -0.497 e. The molecule has 1 amide bonds. The summed E-state index contributed by atoms with van der Waals surface area (Å²) in [7, 11) is 1.58. The lowest BCUT2D eigenvalue weighted by Crippen LogP contribution is -2.33. The van der Waals surface area contributed by atoms with Gasteiger partial charge in [0.1, 0.15) is 5.75 Å². The van der Waals surface area contributed by atoms with Crippen LogP contribution in [0, 0.1) is 0 Å². The third kappa shape index (κ3) is 5.39. The van der Waals surface area contributed by atoms with Gasteiger partial charge in [0.2, 0.25) is 6.10 Å². The Balaban J connectivity index is 1.88. The first kappa shape index (κ1) is 18.6. The van der Waals surface area contributed by atoms with Crippen LogP contribution in [0.2, 0.25) is 5.02 Å². The molecule has 3 N–H and O–H groups in total. The summed E-state index contributed by atoms with van der Waals surface area (Å²) in [6, 6.07) is 14.3. The van der Waals surface area contributed by atoms with Crippen molar-refractivity contribution < 1.29 is 14.4 Å². The highest BCUT2D eigenvalue weighted by molar-refractivity contribution is 6.31. The number of nitrogens with one attached hydrogen (secondary N) is 1. The molecule has 25 heavy (non-hydrogen) atoms. The normalized spacial score (nSPS) is 12.4. The van der Waals surface area contributed by atoms with Gasteiger partial charge in [0.25, 0.3) is 5.91 Å². The predicted molar refractivity (Wildman–Crippen MR) is 97.6 cm³/mol. The third-order valence-electron chi connectivity index (χ3n) is 3.48. The number of halogens is 1. The Labute approximate surface area is 151 Å². The van der Waals surface area contributed by atoms with Crippen LogP contribution in [0.1, 0.15) is 18.1 Å². The number of benzene rings is 2. The van der Waals surface area contributed by atoms with Gasteiger partial charge in [-0.15, -0.1) is 0 Å². The molecule has 2 rings (SSSR count). The molecule has 0 saturated carbocycles. The van der Waals surface area contributed by atoms with Crippen LogP contribution < -0.4 is 15.8 Å². The number of methoxy groups -OCH3 is 1. The van der Waals surface area contributed by atoms with Gasteiger partial charge in [-0.25, -0.2) is 0 Å². The van der Waals surface area contributed by atoms with Crippen LogP contribution in [0.25, 0.3) is 0 Å². The monoisotopic (exact) mass is 361 g/mol. The highest BCUT2D eigenvalue weighted by Crippen LogP contribution is 2.14. The predicted octanol–water partition coefficient (Wildman–Crippen LogP) is 2.69. The van der Waals surface area contributed by atoms with Gasteiger partial charge < -0.3 is 20.6 Å². The van der Waals surface area contributed by atoms with Gasteiger partial charge in [0.15, 0.2) is 5.84 Å². The summed E-state index contributed by atoms with van der Waals surface area (Å²) in [5.74, 6) is 0.574. The molecule has 0 saturated heterocycles.